The molecule has 0 amide bonds. The minimum absolute atomic E-state index is 0.0189. The summed E-state index contributed by atoms with van der Waals surface area (Å²) in [6.45, 7) is 1.92. The zero-order chi connectivity index (χ0) is 13.9. The van der Waals surface area contributed by atoms with Crippen molar-refractivity contribution in [2.45, 2.75) is 51.6 Å². The Labute approximate surface area is 112 Å². The van der Waals surface area contributed by atoms with Gasteiger partial charge in [-0.2, -0.15) is 4.98 Å². The smallest absolute Gasteiger partial charge is 0.310 e. The summed E-state index contributed by atoms with van der Waals surface area (Å²) in [5, 5.41) is 13.3. The molecular weight excluding hydrogens is 248 g/mol. The summed E-state index contributed by atoms with van der Waals surface area (Å²) < 4.78 is 10.3. The number of hydrogen-bond acceptors (Lipinski definition) is 5. The first-order valence-electron chi connectivity index (χ1n) is 6.63. The van der Waals surface area contributed by atoms with E-state index in [2.05, 4.69) is 10.1 Å². The van der Waals surface area contributed by atoms with Crippen LogP contribution < -0.4 is 0 Å². The third-order valence-electron chi connectivity index (χ3n) is 3.89. The summed E-state index contributed by atoms with van der Waals surface area (Å²) in [6.07, 6.45) is 4.20. The maximum Gasteiger partial charge on any atom is 0.310 e. The lowest BCUT2D eigenvalue weighted by Gasteiger charge is -2.21. The molecule has 19 heavy (non-hydrogen) atoms. The fourth-order valence-electron chi connectivity index (χ4n) is 2.59. The highest BCUT2D eigenvalue weighted by Gasteiger charge is 2.42. The lowest BCUT2D eigenvalue weighted by molar-refractivity contribution is -0.148. The van der Waals surface area contributed by atoms with Gasteiger partial charge in [0.25, 0.3) is 0 Å². The van der Waals surface area contributed by atoms with Crippen molar-refractivity contribution in [3.8, 4) is 0 Å². The first-order valence-corrected chi connectivity index (χ1v) is 6.63. The topological polar surface area (TPSA) is 85.5 Å². The SMILES string of the molecule is COC(C)Cc1noc(CC2(C(=O)O)CCCC2)n1. The van der Waals surface area contributed by atoms with Crippen molar-refractivity contribution in [3.05, 3.63) is 11.7 Å². The summed E-state index contributed by atoms with van der Waals surface area (Å²) in [5.41, 5.74) is -0.712. The monoisotopic (exact) mass is 268 g/mol. The average molecular weight is 268 g/mol. The summed E-state index contributed by atoms with van der Waals surface area (Å²) >= 11 is 0. The summed E-state index contributed by atoms with van der Waals surface area (Å²) in [7, 11) is 1.63. The van der Waals surface area contributed by atoms with Crippen LogP contribution in [-0.2, 0) is 22.4 Å². The molecule has 1 atom stereocenters. The molecule has 1 aromatic heterocycles. The van der Waals surface area contributed by atoms with Gasteiger partial charge in [0.2, 0.25) is 5.89 Å². The number of aliphatic carboxylic acids is 1. The fraction of sp³-hybridized carbons (Fsp3) is 0.769. The molecule has 6 nitrogen and oxygen atoms in total. The van der Waals surface area contributed by atoms with Crippen molar-refractivity contribution in [1.29, 1.82) is 0 Å². The van der Waals surface area contributed by atoms with Crippen LogP contribution in [-0.4, -0.2) is 34.4 Å². The number of carboxylic acid groups (broad SMARTS) is 1. The number of methoxy groups -OCH3 is 1. The van der Waals surface area contributed by atoms with Gasteiger partial charge < -0.3 is 14.4 Å². The summed E-state index contributed by atoms with van der Waals surface area (Å²) in [5.74, 6) is 0.237. The number of carboxylic acids is 1. The minimum Gasteiger partial charge on any atom is -0.481 e. The molecule has 2 rings (SSSR count). The first-order chi connectivity index (χ1) is 9.05. The van der Waals surface area contributed by atoms with E-state index in [0.717, 1.165) is 12.8 Å². The second-order valence-corrected chi connectivity index (χ2v) is 5.32. The Morgan fingerprint density at radius 1 is 1.53 bits per heavy atom. The van der Waals surface area contributed by atoms with Crippen molar-refractivity contribution in [1.82, 2.24) is 10.1 Å². The molecule has 0 saturated heterocycles. The van der Waals surface area contributed by atoms with Crippen molar-refractivity contribution >= 4 is 5.97 Å². The van der Waals surface area contributed by atoms with Gasteiger partial charge in [0, 0.05) is 20.0 Å². The molecule has 0 spiro atoms. The molecule has 1 N–H and O–H groups in total. The number of rotatable bonds is 6. The molecule has 1 aliphatic rings. The predicted octanol–water partition coefficient (Wildman–Crippen LogP) is 1.83. The largest absolute Gasteiger partial charge is 0.481 e. The maximum atomic E-state index is 11.4. The Kier molecular flexibility index (Phi) is 4.19. The summed E-state index contributed by atoms with van der Waals surface area (Å²) in [6, 6.07) is 0. The van der Waals surface area contributed by atoms with Crippen LogP contribution >= 0.6 is 0 Å². The van der Waals surface area contributed by atoms with Gasteiger partial charge in [-0.15, -0.1) is 0 Å². The van der Waals surface area contributed by atoms with Crippen LogP contribution in [0, 0.1) is 5.41 Å². The van der Waals surface area contributed by atoms with Crippen LogP contribution in [0.25, 0.3) is 0 Å². The highest BCUT2D eigenvalue weighted by molar-refractivity contribution is 5.75. The number of carbonyl (C=O) groups is 1. The van der Waals surface area contributed by atoms with Crippen LogP contribution in [0.3, 0.4) is 0 Å². The van der Waals surface area contributed by atoms with Crippen molar-refractivity contribution < 1.29 is 19.2 Å². The van der Waals surface area contributed by atoms with Crippen LogP contribution in [0.5, 0.6) is 0 Å². The molecule has 1 aromatic rings. The lowest BCUT2D eigenvalue weighted by Crippen LogP contribution is -2.30. The second-order valence-electron chi connectivity index (χ2n) is 5.32. The molecule has 1 aliphatic carbocycles. The van der Waals surface area contributed by atoms with Gasteiger partial charge in [-0.3, -0.25) is 4.79 Å². The zero-order valence-electron chi connectivity index (χ0n) is 11.4. The van der Waals surface area contributed by atoms with E-state index < -0.39 is 11.4 Å². The Morgan fingerprint density at radius 3 is 2.79 bits per heavy atom. The van der Waals surface area contributed by atoms with Gasteiger partial charge in [0.05, 0.1) is 11.5 Å². The number of hydrogen-bond donors (Lipinski definition) is 1. The Morgan fingerprint density at radius 2 is 2.21 bits per heavy atom. The van der Waals surface area contributed by atoms with E-state index in [9.17, 15) is 9.90 Å². The van der Waals surface area contributed by atoms with Crippen LogP contribution in [0.15, 0.2) is 4.52 Å². The summed E-state index contributed by atoms with van der Waals surface area (Å²) in [4.78, 5) is 15.7. The van der Waals surface area contributed by atoms with Crippen molar-refractivity contribution in [3.63, 3.8) is 0 Å². The second kappa shape index (κ2) is 5.69. The quantitative estimate of drug-likeness (QED) is 0.847. The highest BCUT2D eigenvalue weighted by Crippen LogP contribution is 2.40. The molecule has 0 aromatic carbocycles. The first kappa shape index (κ1) is 14.0. The lowest BCUT2D eigenvalue weighted by atomic mass is 9.83. The number of ether oxygens (including phenoxy) is 1. The number of nitrogens with zero attached hydrogens (tertiary/aromatic N) is 2. The van der Waals surface area contributed by atoms with E-state index in [-0.39, 0.29) is 6.10 Å². The highest BCUT2D eigenvalue weighted by atomic mass is 16.5. The molecule has 106 valence electrons. The fourth-order valence-corrected chi connectivity index (χ4v) is 2.59. The maximum absolute atomic E-state index is 11.4. The van der Waals surface area contributed by atoms with E-state index in [0.29, 0.717) is 37.4 Å². The van der Waals surface area contributed by atoms with E-state index in [1.165, 1.54) is 0 Å². The molecule has 6 heteroatoms. The molecular formula is C13H20N2O4. The van der Waals surface area contributed by atoms with Gasteiger partial charge in [0.1, 0.15) is 0 Å². The molecule has 1 unspecified atom stereocenters. The van der Waals surface area contributed by atoms with Gasteiger partial charge in [-0.25, -0.2) is 0 Å². The van der Waals surface area contributed by atoms with E-state index in [4.69, 9.17) is 9.26 Å². The predicted molar refractivity (Wildman–Crippen MR) is 66.7 cm³/mol. The normalized spacial score (nSPS) is 19.5. The van der Waals surface area contributed by atoms with E-state index in [1.807, 2.05) is 6.92 Å². The molecule has 0 radical (unpaired) electrons. The molecule has 1 heterocycles. The van der Waals surface area contributed by atoms with Crippen molar-refractivity contribution in [2.75, 3.05) is 7.11 Å². The Bertz CT molecular complexity index is 438. The molecule has 0 aliphatic heterocycles. The van der Waals surface area contributed by atoms with E-state index >= 15 is 0 Å². The molecule has 1 saturated carbocycles. The Balaban J connectivity index is 2.04. The third kappa shape index (κ3) is 3.12. The van der Waals surface area contributed by atoms with Crippen LogP contribution in [0.2, 0.25) is 0 Å². The van der Waals surface area contributed by atoms with Gasteiger partial charge in [-0.1, -0.05) is 18.0 Å². The van der Waals surface area contributed by atoms with Crippen molar-refractivity contribution in [2.24, 2.45) is 5.41 Å². The van der Waals surface area contributed by atoms with Crippen LogP contribution in [0.1, 0.15) is 44.3 Å². The third-order valence-corrected chi connectivity index (χ3v) is 3.89. The van der Waals surface area contributed by atoms with Crippen LogP contribution in [0.4, 0.5) is 0 Å². The molecule has 0 bridgehead atoms. The molecule has 1 fully saturated rings. The van der Waals surface area contributed by atoms with Gasteiger partial charge >= 0.3 is 5.97 Å². The van der Waals surface area contributed by atoms with Gasteiger partial charge in [0.15, 0.2) is 5.82 Å². The average Bonchev–Trinajstić information content (AvgIpc) is 3.00. The number of aromatic nitrogens is 2. The standard InChI is InChI=1S/C13H20N2O4/c1-9(18-2)7-10-14-11(19-15-10)8-13(12(16)17)5-3-4-6-13/h9H,3-8H2,1-2H3,(H,16,17). The Hall–Kier alpha value is -1.43. The van der Waals surface area contributed by atoms with Gasteiger partial charge in [-0.05, 0) is 19.8 Å². The minimum atomic E-state index is -0.755. The van der Waals surface area contributed by atoms with E-state index in [1.54, 1.807) is 7.11 Å². The zero-order valence-corrected chi connectivity index (χ0v) is 11.4.